The monoisotopic (exact) mass is 448 g/mol. The second-order valence-electron chi connectivity index (χ2n) is 5.96. The number of fused-ring (bicyclic) bond motifs is 1. The van der Waals surface area contributed by atoms with Crippen LogP contribution in [0.5, 0.6) is 0 Å². The van der Waals surface area contributed by atoms with Crippen molar-refractivity contribution in [2.75, 3.05) is 5.75 Å². The van der Waals surface area contributed by atoms with Gasteiger partial charge in [0.25, 0.3) is 5.56 Å². The molecule has 2 aromatic heterocycles. The summed E-state index contributed by atoms with van der Waals surface area (Å²) in [5, 5.41) is 0.423. The van der Waals surface area contributed by atoms with Gasteiger partial charge in [-0.05, 0) is 36.4 Å². The van der Waals surface area contributed by atoms with E-state index in [0.29, 0.717) is 20.8 Å². The molecule has 0 aliphatic rings. The van der Waals surface area contributed by atoms with Gasteiger partial charge in [0.2, 0.25) is 0 Å². The van der Waals surface area contributed by atoms with E-state index in [0.717, 1.165) is 33.7 Å². The van der Waals surface area contributed by atoms with E-state index in [1.54, 1.807) is 36.4 Å². The van der Waals surface area contributed by atoms with Gasteiger partial charge in [-0.15, -0.1) is 11.3 Å². The highest BCUT2D eigenvalue weighted by Crippen LogP contribution is 2.26. The maximum absolute atomic E-state index is 14.4. The highest BCUT2D eigenvalue weighted by Gasteiger charge is 2.18. The van der Waals surface area contributed by atoms with Crippen LogP contribution in [0.25, 0.3) is 16.6 Å². The Morgan fingerprint density at radius 1 is 1.14 bits per heavy atom. The lowest BCUT2D eigenvalue weighted by Crippen LogP contribution is -2.23. The second kappa shape index (κ2) is 8.06. The summed E-state index contributed by atoms with van der Waals surface area (Å²) in [4.78, 5) is 30.4. The summed E-state index contributed by atoms with van der Waals surface area (Å²) >= 11 is 8.03. The quantitative estimate of drug-likeness (QED) is 0.234. The number of nitrogens with zero attached hydrogens (tertiary/aromatic N) is 2. The van der Waals surface area contributed by atoms with Crippen LogP contribution < -0.4 is 5.56 Å². The molecule has 0 unspecified atom stereocenters. The Morgan fingerprint density at radius 2 is 1.93 bits per heavy atom. The van der Waals surface area contributed by atoms with Crippen LogP contribution in [0.1, 0.15) is 9.67 Å². The van der Waals surface area contributed by atoms with Gasteiger partial charge in [0.05, 0.1) is 31.6 Å². The van der Waals surface area contributed by atoms with Gasteiger partial charge in [-0.2, -0.15) is 0 Å². The molecule has 0 fully saturated rings. The SMILES string of the molecule is O=C(CSc1nc2ccccc2c(=O)n1-c1ccc(F)cc1F)c1ccc(Cl)s1. The van der Waals surface area contributed by atoms with Crippen LogP contribution >= 0.6 is 34.7 Å². The van der Waals surface area contributed by atoms with Crippen LogP contribution in [-0.2, 0) is 0 Å². The Kier molecular flexibility index (Phi) is 5.49. The first-order chi connectivity index (χ1) is 13.9. The molecule has 146 valence electrons. The fourth-order valence-corrected chi connectivity index (χ4v) is 4.71. The highest BCUT2D eigenvalue weighted by molar-refractivity contribution is 7.99. The lowest BCUT2D eigenvalue weighted by molar-refractivity contribution is 0.102. The molecule has 0 saturated carbocycles. The van der Waals surface area contributed by atoms with Crippen molar-refractivity contribution in [1.29, 1.82) is 0 Å². The third kappa shape index (κ3) is 3.96. The Labute approximate surface area is 176 Å². The molecule has 0 amide bonds. The van der Waals surface area contributed by atoms with E-state index < -0.39 is 17.2 Å². The number of para-hydroxylation sites is 1. The van der Waals surface area contributed by atoms with Crippen molar-refractivity contribution in [3.63, 3.8) is 0 Å². The molecule has 4 nitrogen and oxygen atoms in total. The smallest absolute Gasteiger partial charge is 0.266 e. The van der Waals surface area contributed by atoms with Crippen molar-refractivity contribution in [2.45, 2.75) is 5.16 Å². The predicted octanol–water partition coefficient (Wildman–Crippen LogP) is 5.35. The summed E-state index contributed by atoms with van der Waals surface area (Å²) < 4.78 is 29.4. The predicted molar refractivity (Wildman–Crippen MR) is 112 cm³/mol. The van der Waals surface area contributed by atoms with Crippen molar-refractivity contribution >= 4 is 51.4 Å². The van der Waals surface area contributed by atoms with Gasteiger partial charge in [0.15, 0.2) is 10.9 Å². The number of hydrogen-bond acceptors (Lipinski definition) is 5. The Bertz CT molecular complexity index is 1300. The van der Waals surface area contributed by atoms with E-state index >= 15 is 0 Å². The molecule has 0 atom stereocenters. The largest absolute Gasteiger partial charge is 0.292 e. The minimum Gasteiger partial charge on any atom is -0.292 e. The first-order valence-corrected chi connectivity index (χ1v) is 10.5. The van der Waals surface area contributed by atoms with Crippen molar-refractivity contribution in [1.82, 2.24) is 9.55 Å². The third-order valence-corrected chi connectivity index (χ3v) is 6.29. The summed E-state index contributed by atoms with van der Waals surface area (Å²) in [7, 11) is 0. The molecule has 2 heterocycles. The first kappa shape index (κ1) is 19.8. The molecular weight excluding hydrogens is 438 g/mol. The van der Waals surface area contributed by atoms with Crippen molar-refractivity contribution < 1.29 is 13.6 Å². The number of ketones is 1. The van der Waals surface area contributed by atoms with E-state index in [4.69, 9.17) is 11.6 Å². The number of halogens is 3. The number of carbonyl (C=O) groups is 1. The fourth-order valence-electron chi connectivity index (χ4n) is 2.75. The van der Waals surface area contributed by atoms with E-state index in [-0.39, 0.29) is 27.8 Å². The van der Waals surface area contributed by atoms with Gasteiger partial charge < -0.3 is 0 Å². The first-order valence-electron chi connectivity index (χ1n) is 8.32. The van der Waals surface area contributed by atoms with E-state index in [2.05, 4.69) is 4.98 Å². The summed E-state index contributed by atoms with van der Waals surface area (Å²) in [6.07, 6.45) is 0. The number of Topliss-reactive ketones (excluding diaryl/α,β-unsaturated/α-hetero) is 1. The van der Waals surface area contributed by atoms with Crippen molar-refractivity contribution in [3.8, 4) is 5.69 Å². The average Bonchev–Trinajstić information content (AvgIpc) is 3.14. The van der Waals surface area contributed by atoms with Gasteiger partial charge in [-0.25, -0.2) is 13.8 Å². The summed E-state index contributed by atoms with van der Waals surface area (Å²) in [6, 6.07) is 12.8. The standard InChI is InChI=1S/C20H11ClF2N2O2S2/c21-18-8-7-17(29-18)16(26)10-28-20-24-14-4-2-1-3-12(14)19(27)25(20)15-6-5-11(22)9-13(15)23/h1-9H,10H2. The molecule has 0 N–H and O–H groups in total. The number of thiophene rings is 1. The lowest BCUT2D eigenvalue weighted by Gasteiger charge is -2.13. The maximum atomic E-state index is 14.4. The molecule has 0 radical (unpaired) electrons. The third-order valence-electron chi connectivity index (χ3n) is 4.08. The summed E-state index contributed by atoms with van der Waals surface area (Å²) in [5.41, 5.74) is -0.218. The molecule has 0 saturated heterocycles. The van der Waals surface area contributed by atoms with Gasteiger partial charge in [-0.3, -0.25) is 14.2 Å². The van der Waals surface area contributed by atoms with E-state index in [1.165, 1.54) is 6.07 Å². The molecule has 4 aromatic rings. The Balaban J connectivity index is 1.81. The normalized spacial score (nSPS) is 11.1. The van der Waals surface area contributed by atoms with E-state index in [1.807, 2.05) is 0 Å². The zero-order valence-corrected chi connectivity index (χ0v) is 17.0. The lowest BCUT2D eigenvalue weighted by atomic mass is 10.2. The van der Waals surface area contributed by atoms with Crippen LogP contribution in [0, 0.1) is 11.6 Å². The number of rotatable bonds is 5. The van der Waals surface area contributed by atoms with Crippen LogP contribution in [0.2, 0.25) is 4.34 Å². The number of aromatic nitrogens is 2. The van der Waals surface area contributed by atoms with Gasteiger partial charge in [0.1, 0.15) is 11.6 Å². The van der Waals surface area contributed by atoms with Crippen molar-refractivity contribution in [2.24, 2.45) is 0 Å². The summed E-state index contributed by atoms with van der Waals surface area (Å²) in [5.74, 6) is -1.88. The molecule has 29 heavy (non-hydrogen) atoms. The molecule has 4 rings (SSSR count). The molecule has 2 aromatic carbocycles. The number of thioether (sulfide) groups is 1. The van der Waals surface area contributed by atoms with Crippen molar-refractivity contribution in [3.05, 3.63) is 85.8 Å². The van der Waals surface area contributed by atoms with Crippen LogP contribution in [-0.4, -0.2) is 21.1 Å². The zero-order chi connectivity index (χ0) is 20.5. The summed E-state index contributed by atoms with van der Waals surface area (Å²) in [6.45, 7) is 0. The number of hydrogen-bond donors (Lipinski definition) is 0. The Morgan fingerprint density at radius 3 is 2.66 bits per heavy atom. The molecular formula is C20H11ClF2N2O2S2. The maximum Gasteiger partial charge on any atom is 0.266 e. The highest BCUT2D eigenvalue weighted by atomic mass is 35.5. The van der Waals surface area contributed by atoms with Crippen LogP contribution in [0.15, 0.2) is 64.5 Å². The number of benzene rings is 2. The van der Waals surface area contributed by atoms with E-state index in [9.17, 15) is 18.4 Å². The van der Waals surface area contributed by atoms with Gasteiger partial charge >= 0.3 is 0 Å². The van der Waals surface area contributed by atoms with Crippen LogP contribution in [0.4, 0.5) is 8.78 Å². The second-order valence-corrected chi connectivity index (χ2v) is 8.62. The zero-order valence-electron chi connectivity index (χ0n) is 14.6. The number of carbonyl (C=O) groups excluding carboxylic acids is 1. The molecule has 0 bridgehead atoms. The topological polar surface area (TPSA) is 52.0 Å². The molecule has 0 aliphatic carbocycles. The molecule has 0 aliphatic heterocycles. The van der Waals surface area contributed by atoms with Gasteiger partial charge in [-0.1, -0.05) is 35.5 Å². The minimum absolute atomic E-state index is 0.0234. The van der Waals surface area contributed by atoms with Gasteiger partial charge in [0, 0.05) is 6.07 Å². The molecule has 9 heteroatoms. The Hall–Kier alpha value is -2.55. The average molecular weight is 449 g/mol. The minimum atomic E-state index is -0.901. The fraction of sp³-hybridized carbons (Fsp3) is 0.0500. The molecule has 0 spiro atoms. The van der Waals surface area contributed by atoms with Crippen LogP contribution in [0.3, 0.4) is 0 Å².